The summed E-state index contributed by atoms with van der Waals surface area (Å²) in [5.41, 5.74) is 1.68. The molecule has 6 nitrogen and oxygen atoms in total. The van der Waals surface area contributed by atoms with Gasteiger partial charge in [-0.3, -0.25) is 4.79 Å². The molecule has 3 rings (SSSR count). The molecule has 0 saturated heterocycles. The van der Waals surface area contributed by atoms with Crippen molar-refractivity contribution in [2.75, 3.05) is 5.32 Å². The van der Waals surface area contributed by atoms with Crippen LogP contribution in [0.3, 0.4) is 0 Å². The molecule has 26 heavy (non-hydrogen) atoms. The molecule has 9 heteroatoms. The van der Waals surface area contributed by atoms with E-state index in [-0.39, 0.29) is 17.0 Å². The molecule has 1 atom stereocenters. The van der Waals surface area contributed by atoms with Crippen LogP contribution in [0.15, 0.2) is 29.4 Å². The van der Waals surface area contributed by atoms with E-state index in [1.54, 1.807) is 23.6 Å². The van der Waals surface area contributed by atoms with Gasteiger partial charge in [-0.05, 0) is 45.0 Å². The number of hydrogen-bond acceptors (Lipinski definition) is 6. The predicted molar refractivity (Wildman–Crippen MR) is 102 cm³/mol. The summed E-state index contributed by atoms with van der Waals surface area (Å²) in [7, 11) is 1.82. The molecule has 1 amide bonds. The Morgan fingerprint density at radius 1 is 1.27 bits per heavy atom. The van der Waals surface area contributed by atoms with Crippen LogP contribution in [0.25, 0.3) is 11.4 Å². The third-order valence-electron chi connectivity index (χ3n) is 3.85. The number of amides is 1. The first-order valence-electron chi connectivity index (χ1n) is 7.92. The van der Waals surface area contributed by atoms with Crippen LogP contribution >= 0.6 is 23.1 Å². The summed E-state index contributed by atoms with van der Waals surface area (Å²) in [6.07, 6.45) is 0. The van der Waals surface area contributed by atoms with Gasteiger partial charge in [-0.1, -0.05) is 11.8 Å². The van der Waals surface area contributed by atoms with Gasteiger partial charge in [-0.2, -0.15) is 0 Å². The van der Waals surface area contributed by atoms with Crippen molar-refractivity contribution in [3.63, 3.8) is 0 Å². The number of aromatic nitrogens is 4. The van der Waals surface area contributed by atoms with Gasteiger partial charge in [0.25, 0.3) is 0 Å². The summed E-state index contributed by atoms with van der Waals surface area (Å²) >= 11 is 2.76. The third-order valence-corrected chi connectivity index (χ3v) is 5.97. The summed E-state index contributed by atoms with van der Waals surface area (Å²) in [6, 6.07) is 6.06. The fourth-order valence-corrected chi connectivity index (χ4v) is 3.85. The number of rotatable bonds is 5. The summed E-state index contributed by atoms with van der Waals surface area (Å²) in [5, 5.41) is 12.0. The lowest BCUT2D eigenvalue weighted by atomic mass is 10.2. The van der Waals surface area contributed by atoms with Crippen LogP contribution in [0.4, 0.5) is 9.52 Å². The summed E-state index contributed by atoms with van der Waals surface area (Å²) < 4.78 is 14.9. The Bertz CT molecular complexity index is 916. The quantitative estimate of drug-likeness (QED) is 0.670. The molecule has 136 valence electrons. The number of carbonyl (C=O) groups is 1. The Kier molecular flexibility index (Phi) is 5.38. The van der Waals surface area contributed by atoms with E-state index in [2.05, 4.69) is 20.5 Å². The van der Waals surface area contributed by atoms with Crippen LogP contribution in [0, 0.1) is 19.7 Å². The lowest BCUT2D eigenvalue weighted by molar-refractivity contribution is -0.115. The highest BCUT2D eigenvalue weighted by molar-refractivity contribution is 8.00. The van der Waals surface area contributed by atoms with Gasteiger partial charge < -0.3 is 9.88 Å². The Hall–Kier alpha value is -2.26. The number of anilines is 1. The number of thioether (sulfide) groups is 1. The van der Waals surface area contributed by atoms with Crippen LogP contribution in [0.1, 0.15) is 17.5 Å². The molecule has 0 saturated carbocycles. The van der Waals surface area contributed by atoms with Crippen molar-refractivity contribution in [3.8, 4) is 11.4 Å². The standard InChI is InChI=1S/C17H18FN5OS2/c1-9-10(2)25-16(19-9)20-15(24)11(3)26-17-22-21-14(23(17)4)12-5-7-13(18)8-6-12/h5-8,11H,1-4H3,(H,19,20,24)/t11-/m0/s1. The van der Waals surface area contributed by atoms with Crippen molar-refractivity contribution in [2.45, 2.75) is 31.2 Å². The smallest absolute Gasteiger partial charge is 0.239 e. The van der Waals surface area contributed by atoms with Gasteiger partial charge in [-0.25, -0.2) is 9.37 Å². The van der Waals surface area contributed by atoms with Crippen LogP contribution < -0.4 is 5.32 Å². The minimum Gasteiger partial charge on any atom is -0.305 e. The van der Waals surface area contributed by atoms with Crippen LogP contribution in [0.5, 0.6) is 0 Å². The van der Waals surface area contributed by atoms with Crippen LogP contribution in [0.2, 0.25) is 0 Å². The highest BCUT2D eigenvalue weighted by atomic mass is 32.2. The number of carbonyl (C=O) groups excluding carboxylic acids is 1. The second kappa shape index (κ2) is 7.55. The highest BCUT2D eigenvalue weighted by Gasteiger charge is 2.20. The van der Waals surface area contributed by atoms with Gasteiger partial charge in [-0.15, -0.1) is 21.5 Å². The van der Waals surface area contributed by atoms with Gasteiger partial charge in [0.2, 0.25) is 5.91 Å². The van der Waals surface area contributed by atoms with Crippen molar-refractivity contribution in [1.29, 1.82) is 0 Å². The Balaban J connectivity index is 1.70. The van der Waals surface area contributed by atoms with E-state index in [0.29, 0.717) is 16.1 Å². The largest absolute Gasteiger partial charge is 0.305 e. The van der Waals surface area contributed by atoms with E-state index in [1.807, 2.05) is 20.9 Å². The average molecular weight is 391 g/mol. The molecular weight excluding hydrogens is 373 g/mol. The minimum absolute atomic E-state index is 0.143. The molecule has 2 aromatic heterocycles. The molecule has 0 bridgehead atoms. The second-order valence-corrected chi connectivity index (χ2v) is 8.29. The molecule has 3 aromatic rings. The molecule has 0 radical (unpaired) electrons. The summed E-state index contributed by atoms with van der Waals surface area (Å²) in [4.78, 5) is 17.8. The fraction of sp³-hybridized carbons (Fsp3) is 0.294. The number of thiazole rings is 1. The summed E-state index contributed by atoms with van der Waals surface area (Å²) in [6.45, 7) is 5.69. The van der Waals surface area contributed by atoms with Crippen molar-refractivity contribution in [3.05, 3.63) is 40.7 Å². The van der Waals surface area contributed by atoms with E-state index >= 15 is 0 Å². The van der Waals surface area contributed by atoms with E-state index < -0.39 is 0 Å². The minimum atomic E-state index is -0.372. The maximum Gasteiger partial charge on any atom is 0.239 e. The number of halogens is 1. The Morgan fingerprint density at radius 3 is 2.58 bits per heavy atom. The van der Waals surface area contributed by atoms with Gasteiger partial charge >= 0.3 is 0 Å². The maximum absolute atomic E-state index is 13.1. The molecule has 2 heterocycles. The number of aryl methyl sites for hydroxylation is 2. The molecule has 1 aromatic carbocycles. The zero-order valence-corrected chi connectivity index (χ0v) is 16.4. The van der Waals surface area contributed by atoms with Crippen molar-refractivity contribution >= 4 is 34.1 Å². The van der Waals surface area contributed by atoms with Gasteiger partial charge in [0.15, 0.2) is 16.1 Å². The summed E-state index contributed by atoms with van der Waals surface area (Å²) in [5.74, 6) is 0.171. The molecular formula is C17H18FN5OS2. The Morgan fingerprint density at radius 2 is 1.96 bits per heavy atom. The molecule has 0 fully saturated rings. The number of nitrogens with zero attached hydrogens (tertiary/aromatic N) is 4. The lowest BCUT2D eigenvalue weighted by Gasteiger charge is -2.10. The van der Waals surface area contributed by atoms with E-state index in [9.17, 15) is 9.18 Å². The third kappa shape index (κ3) is 3.94. The first kappa shape index (κ1) is 18.5. The number of benzene rings is 1. The van der Waals surface area contributed by atoms with E-state index in [4.69, 9.17) is 0 Å². The van der Waals surface area contributed by atoms with Crippen molar-refractivity contribution < 1.29 is 9.18 Å². The number of hydrogen-bond donors (Lipinski definition) is 1. The lowest BCUT2D eigenvalue weighted by Crippen LogP contribution is -2.22. The molecule has 0 aliphatic carbocycles. The fourth-order valence-electron chi connectivity index (χ4n) is 2.21. The van der Waals surface area contributed by atoms with Gasteiger partial charge in [0, 0.05) is 17.5 Å². The van der Waals surface area contributed by atoms with E-state index in [1.165, 1.54) is 35.2 Å². The average Bonchev–Trinajstić information content (AvgIpc) is 3.11. The van der Waals surface area contributed by atoms with Gasteiger partial charge in [0.05, 0.1) is 10.9 Å². The number of nitrogens with one attached hydrogen (secondary N) is 1. The van der Waals surface area contributed by atoms with Crippen molar-refractivity contribution in [1.82, 2.24) is 19.7 Å². The predicted octanol–water partition coefficient (Wildman–Crippen LogP) is 3.81. The van der Waals surface area contributed by atoms with Crippen molar-refractivity contribution in [2.24, 2.45) is 7.05 Å². The van der Waals surface area contributed by atoms with Gasteiger partial charge in [0.1, 0.15) is 5.82 Å². The highest BCUT2D eigenvalue weighted by Crippen LogP contribution is 2.27. The molecule has 0 unspecified atom stereocenters. The molecule has 0 aliphatic rings. The second-order valence-electron chi connectivity index (χ2n) is 5.78. The molecule has 1 N–H and O–H groups in total. The zero-order chi connectivity index (χ0) is 18.8. The van der Waals surface area contributed by atoms with Crippen LogP contribution in [-0.4, -0.2) is 30.9 Å². The first-order valence-corrected chi connectivity index (χ1v) is 9.61. The first-order chi connectivity index (χ1) is 12.3. The monoisotopic (exact) mass is 391 g/mol. The molecule has 0 spiro atoms. The topological polar surface area (TPSA) is 72.7 Å². The zero-order valence-electron chi connectivity index (χ0n) is 14.8. The Labute approximate surface area is 158 Å². The maximum atomic E-state index is 13.1. The molecule has 0 aliphatic heterocycles. The normalized spacial score (nSPS) is 12.2. The SMILES string of the molecule is Cc1nc(NC(=O)[C@H](C)Sc2nnc(-c3ccc(F)cc3)n2C)sc1C. The van der Waals surface area contributed by atoms with E-state index in [0.717, 1.165) is 16.1 Å². The van der Waals surface area contributed by atoms with Crippen LogP contribution in [-0.2, 0) is 11.8 Å².